The Morgan fingerprint density at radius 3 is 2.20 bits per heavy atom. The molecule has 20 heavy (non-hydrogen) atoms. The van der Waals surface area contributed by atoms with Gasteiger partial charge in [0, 0.05) is 12.1 Å². The predicted molar refractivity (Wildman–Crippen MR) is 71.3 cm³/mol. The lowest BCUT2D eigenvalue weighted by molar-refractivity contribution is -0.151. The molecule has 1 heterocycles. The molecular formula is C15H19F2NO2. The molecule has 1 atom stereocenters. The van der Waals surface area contributed by atoms with Gasteiger partial charge in [-0.05, 0) is 57.5 Å². The largest absolute Gasteiger partial charge is 0.481 e. The topological polar surface area (TPSA) is 40.5 Å². The maximum Gasteiger partial charge on any atom is 0.309 e. The van der Waals surface area contributed by atoms with Crippen molar-refractivity contribution in [3.05, 3.63) is 35.4 Å². The molecule has 1 aromatic carbocycles. The van der Waals surface area contributed by atoms with Crippen molar-refractivity contribution in [2.75, 3.05) is 13.1 Å². The van der Waals surface area contributed by atoms with E-state index in [1.165, 1.54) is 12.1 Å². The minimum Gasteiger partial charge on any atom is -0.481 e. The third-order valence-corrected chi connectivity index (χ3v) is 4.33. The summed E-state index contributed by atoms with van der Waals surface area (Å²) < 4.78 is 26.5. The lowest BCUT2D eigenvalue weighted by Crippen LogP contribution is -2.43. The Hall–Kier alpha value is -1.49. The summed E-state index contributed by atoms with van der Waals surface area (Å²) in [4.78, 5) is 13.3. The van der Waals surface area contributed by atoms with Crippen molar-refractivity contribution >= 4 is 5.97 Å². The minimum atomic E-state index is -0.776. The van der Waals surface area contributed by atoms with Gasteiger partial charge in [-0.15, -0.1) is 0 Å². The molecule has 0 amide bonds. The molecule has 1 unspecified atom stereocenters. The van der Waals surface area contributed by atoms with E-state index in [1.54, 1.807) is 6.92 Å². The number of hydrogen-bond acceptors (Lipinski definition) is 2. The highest BCUT2D eigenvalue weighted by Crippen LogP contribution is 2.34. The molecule has 1 aromatic rings. The summed E-state index contributed by atoms with van der Waals surface area (Å²) in [6, 6.07) is 3.39. The second-order valence-electron chi connectivity index (χ2n) is 5.78. The first-order valence-corrected chi connectivity index (χ1v) is 6.75. The molecule has 1 fully saturated rings. The molecule has 1 N–H and O–H groups in total. The Kier molecular flexibility index (Phi) is 4.09. The molecule has 3 nitrogen and oxygen atoms in total. The smallest absolute Gasteiger partial charge is 0.309 e. The number of aliphatic carboxylic acids is 1. The van der Waals surface area contributed by atoms with Crippen LogP contribution in [0.5, 0.6) is 0 Å². The summed E-state index contributed by atoms with van der Waals surface area (Å²) in [5, 5.41) is 9.19. The average Bonchev–Trinajstić information content (AvgIpc) is 2.37. The molecule has 0 radical (unpaired) electrons. The molecule has 1 saturated heterocycles. The van der Waals surface area contributed by atoms with Crippen LogP contribution in [0.3, 0.4) is 0 Å². The van der Waals surface area contributed by atoms with Crippen molar-refractivity contribution < 1.29 is 18.7 Å². The Morgan fingerprint density at radius 1 is 1.25 bits per heavy atom. The number of piperidine rings is 1. The van der Waals surface area contributed by atoms with E-state index >= 15 is 0 Å². The van der Waals surface area contributed by atoms with Gasteiger partial charge >= 0.3 is 5.97 Å². The standard InChI is InChI=1S/C15H19F2NO2/c1-10(11-7-12(16)9-13(17)8-11)18-5-3-15(2,4-6-18)14(19)20/h7-10H,3-6H2,1-2H3,(H,19,20). The molecule has 5 heteroatoms. The van der Waals surface area contributed by atoms with Gasteiger partial charge < -0.3 is 5.11 Å². The number of carbonyl (C=O) groups is 1. The van der Waals surface area contributed by atoms with Crippen molar-refractivity contribution in [3.8, 4) is 0 Å². The zero-order valence-corrected chi connectivity index (χ0v) is 11.7. The van der Waals surface area contributed by atoms with Gasteiger partial charge in [0.25, 0.3) is 0 Å². The van der Waals surface area contributed by atoms with Crippen molar-refractivity contribution in [3.63, 3.8) is 0 Å². The van der Waals surface area contributed by atoms with Crippen LogP contribution in [0.2, 0.25) is 0 Å². The van der Waals surface area contributed by atoms with Crippen molar-refractivity contribution in [2.45, 2.75) is 32.7 Å². The average molecular weight is 283 g/mol. The first-order chi connectivity index (χ1) is 9.32. The summed E-state index contributed by atoms with van der Waals surface area (Å²) in [5.74, 6) is -1.94. The van der Waals surface area contributed by atoms with Crippen molar-refractivity contribution in [2.24, 2.45) is 5.41 Å². The molecule has 0 spiro atoms. The highest BCUT2D eigenvalue weighted by molar-refractivity contribution is 5.74. The first kappa shape index (κ1) is 14.9. The summed E-state index contributed by atoms with van der Waals surface area (Å²) >= 11 is 0. The summed E-state index contributed by atoms with van der Waals surface area (Å²) in [6.45, 7) is 4.86. The van der Waals surface area contributed by atoms with Crippen LogP contribution >= 0.6 is 0 Å². The highest BCUT2D eigenvalue weighted by Gasteiger charge is 2.38. The van der Waals surface area contributed by atoms with Crippen LogP contribution < -0.4 is 0 Å². The number of carboxylic acids is 1. The van der Waals surface area contributed by atoms with E-state index in [1.807, 2.05) is 6.92 Å². The van der Waals surface area contributed by atoms with E-state index in [4.69, 9.17) is 0 Å². The van der Waals surface area contributed by atoms with Crippen molar-refractivity contribution in [1.29, 1.82) is 0 Å². The van der Waals surface area contributed by atoms with Crippen LogP contribution in [0.1, 0.15) is 38.3 Å². The molecule has 1 aliphatic rings. The van der Waals surface area contributed by atoms with Crippen LogP contribution in [0.15, 0.2) is 18.2 Å². The van der Waals surface area contributed by atoms with E-state index < -0.39 is 23.0 Å². The second-order valence-corrected chi connectivity index (χ2v) is 5.78. The van der Waals surface area contributed by atoms with E-state index in [-0.39, 0.29) is 6.04 Å². The van der Waals surface area contributed by atoms with Gasteiger partial charge in [-0.1, -0.05) is 0 Å². The Morgan fingerprint density at radius 2 is 1.75 bits per heavy atom. The highest BCUT2D eigenvalue weighted by atomic mass is 19.1. The molecule has 0 aliphatic carbocycles. The fraction of sp³-hybridized carbons (Fsp3) is 0.533. The minimum absolute atomic E-state index is 0.126. The maximum atomic E-state index is 13.2. The molecule has 1 aliphatic heterocycles. The van der Waals surface area contributed by atoms with Gasteiger partial charge in [0.1, 0.15) is 11.6 Å². The number of rotatable bonds is 3. The third-order valence-electron chi connectivity index (χ3n) is 4.33. The lowest BCUT2D eigenvalue weighted by Gasteiger charge is -2.39. The normalized spacial score (nSPS) is 20.6. The molecule has 0 aromatic heterocycles. The number of benzene rings is 1. The number of nitrogens with zero attached hydrogens (tertiary/aromatic N) is 1. The molecule has 0 bridgehead atoms. The summed E-state index contributed by atoms with van der Waals surface area (Å²) in [6.07, 6.45) is 1.09. The SMILES string of the molecule is CC(c1cc(F)cc(F)c1)N1CCC(C)(C(=O)O)CC1. The van der Waals surface area contributed by atoms with Gasteiger partial charge in [-0.2, -0.15) is 0 Å². The predicted octanol–water partition coefficient (Wildman–Crippen LogP) is 3.21. The number of halogens is 2. The van der Waals surface area contributed by atoms with Gasteiger partial charge in [-0.3, -0.25) is 9.69 Å². The van der Waals surface area contributed by atoms with E-state index in [0.29, 0.717) is 31.5 Å². The van der Waals surface area contributed by atoms with Crippen LogP contribution in [-0.4, -0.2) is 29.1 Å². The van der Waals surface area contributed by atoms with Crippen LogP contribution in [-0.2, 0) is 4.79 Å². The lowest BCUT2D eigenvalue weighted by atomic mass is 9.80. The van der Waals surface area contributed by atoms with E-state index in [2.05, 4.69) is 4.90 Å². The number of hydrogen-bond donors (Lipinski definition) is 1. The fourth-order valence-corrected chi connectivity index (χ4v) is 2.65. The van der Waals surface area contributed by atoms with Crippen LogP contribution in [0.25, 0.3) is 0 Å². The van der Waals surface area contributed by atoms with E-state index in [0.717, 1.165) is 6.07 Å². The number of likely N-dealkylation sites (tertiary alicyclic amines) is 1. The van der Waals surface area contributed by atoms with Gasteiger partial charge in [0.2, 0.25) is 0 Å². The summed E-state index contributed by atoms with van der Waals surface area (Å²) in [5.41, 5.74) is -0.106. The van der Waals surface area contributed by atoms with Gasteiger partial charge in [0.05, 0.1) is 5.41 Å². The quantitative estimate of drug-likeness (QED) is 0.926. The van der Waals surface area contributed by atoms with Gasteiger partial charge in [-0.25, -0.2) is 8.78 Å². The molecule has 110 valence electrons. The maximum absolute atomic E-state index is 13.2. The third kappa shape index (κ3) is 2.98. The Balaban J connectivity index is 2.08. The molecule has 2 rings (SSSR count). The fourth-order valence-electron chi connectivity index (χ4n) is 2.65. The molecule has 0 saturated carbocycles. The Bertz CT molecular complexity index is 490. The van der Waals surface area contributed by atoms with Crippen LogP contribution in [0, 0.1) is 17.0 Å². The van der Waals surface area contributed by atoms with E-state index in [9.17, 15) is 18.7 Å². The zero-order chi connectivity index (χ0) is 14.9. The molecular weight excluding hydrogens is 264 g/mol. The number of carboxylic acid groups (broad SMARTS) is 1. The van der Waals surface area contributed by atoms with Crippen LogP contribution in [0.4, 0.5) is 8.78 Å². The first-order valence-electron chi connectivity index (χ1n) is 6.75. The second kappa shape index (κ2) is 5.48. The van der Waals surface area contributed by atoms with Gasteiger partial charge in [0.15, 0.2) is 0 Å². The van der Waals surface area contributed by atoms with Crippen molar-refractivity contribution in [1.82, 2.24) is 4.90 Å². The monoisotopic (exact) mass is 283 g/mol. The zero-order valence-electron chi connectivity index (χ0n) is 11.7. The summed E-state index contributed by atoms with van der Waals surface area (Å²) in [7, 11) is 0. The Labute approximate surface area is 117 Å².